The number of rotatable bonds is 2. The molecule has 0 spiro atoms. The maximum atomic E-state index is 6.12. The van der Waals surface area contributed by atoms with Crippen LogP contribution in [0.1, 0.15) is 12.0 Å². The fraction of sp³-hybridized carbons (Fsp3) is 0.385. The third-order valence-corrected chi connectivity index (χ3v) is 3.70. The summed E-state index contributed by atoms with van der Waals surface area (Å²) in [6, 6.07) is 6.54. The van der Waals surface area contributed by atoms with Crippen molar-refractivity contribution in [3.8, 4) is 0 Å². The number of nitrogens with one attached hydrogen (secondary N) is 2. The summed E-state index contributed by atoms with van der Waals surface area (Å²) >= 11 is 6.12. The van der Waals surface area contributed by atoms with Gasteiger partial charge in [0.15, 0.2) is 0 Å². The highest BCUT2D eigenvalue weighted by molar-refractivity contribution is 6.35. The lowest BCUT2D eigenvalue weighted by molar-refractivity contribution is 0.580. The molecule has 0 radical (unpaired) electrons. The Bertz CT molecular complexity index is 498. The molecule has 0 amide bonds. The van der Waals surface area contributed by atoms with Crippen molar-refractivity contribution in [2.45, 2.75) is 12.8 Å². The molecule has 0 bridgehead atoms. The minimum absolute atomic E-state index is 0.787. The van der Waals surface area contributed by atoms with Gasteiger partial charge in [0.2, 0.25) is 0 Å². The van der Waals surface area contributed by atoms with Crippen molar-refractivity contribution in [1.29, 1.82) is 0 Å². The van der Waals surface area contributed by atoms with Crippen molar-refractivity contribution in [2.75, 3.05) is 13.1 Å². The highest BCUT2D eigenvalue weighted by Crippen LogP contribution is 2.25. The van der Waals surface area contributed by atoms with Crippen LogP contribution in [0.15, 0.2) is 24.4 Å². The Morgan fingerprint density at radius 2 is 2.31 bits per heavy atom. The van der Waals surface area contributed by atoms with E-state index in [4.69, 9.17) is 11.6 Å². The monoisotopic (exact) mass is 234 g/mol. The van der Waals surface area contributed by atoms with Gasteiger partial charge in [-0.25, -0.2) is 0 Å². The average molecular weight is 235 g/mol. The predicted molar refractivity (Wildman–Crippen MR) is 68.0 cm³/mol. The first-order chi connectivity index (χ1) is 7.83. The summed E-state index contributed by atoms with van der Waals surface area (Å²) in [5, 5.41) is 5.37. The van der Waals surface area contributed by atoms with E-state index >= 15 is 0 Å². The molecule has 1 fully saturated rings. The van der Waals surface area contributed by atoms with Crippen LogP contribution in [0.2, 0.25) is 5.02 Å². The maximum Gasteiger partial charge on any atom is 0.0659 e. The normalized spacial score (nSPS) is 20.7. The molecule has 2 nitrogen and oxygen atoms in total. The fourth-order valence-corrected chi connectivity index (χ4v) is 2.69. The molecular weight excluding hydrogens is 220 g/mol. The quantitative estimate of drug-likeness (QED) is 0.822. The Kier molecular flexibility index (Phi) is 2.62. The zero-order valence-electron chi connectivity index (χ0n) is 9.09. The lowest BCUT2D eigenvalue weighted by Gasteiger charge is -2.08. The third kappa shape index (κ3) is 1.83. The summed E-state index contributed by atoms with van der Waals surface area (Å²) in [5.74, 6) is 0.787. The summed E-state index contributed by atoms with van der Waals surface area (Å²) in [4.78, 5) is 3.16. The molecule has 1 aromatic heterocycles. The summed E-state index contributed by atoms with van der Waals surface area (Å²) in [6.07, 6.45) is 4.30. The summed E-state index contributed by atoms with van der Waals surface area (Å²) in [7, 11) is 0. The van der Waals surface area contributed by atoms with Crippen LogP contribution in [0.4, 0.5) is 0 Å². The third-order valence-electron chi connectivity index (χ3n) is 3.38. The molecule has 2 N–H and O–H groups in total. The van der Waals surface area contributed by atoms with Crippen LogP contribution in [0.25, 0.3) is 10.9 Å². The highest BCUT2D eigenvalue weighted by atomic mass is 35.5. The first-order valence-electron chi connectivity index (χ1n) is 5.79. The Labute approximate surface area is 100.0 Å². The van der Waals surface area contributed by atoms with E-state index in [0.29, 0.717) is 0 Å². The van der Waals surface area contributed by atoms with E-state index in [1.807, 2.05) is 6.20 Å². The number of aromatic amines is 1. The molecule has 2 heterocycles. The standard InChI is InChI=1S/C13H15ClN2/c14-12-8-16-13-2-1-9(6-11(12)13)5-10-3-4-15-7-10/h1-2,6,8,10,15-16H,3-5,7H2. The zero-order chi connectivity index (χ0) is 11.0. The topological polar surface area (TPSA) is 27.8 Å². The molecule has 1 atom stereocenters. The molecule has 84 valence electrons. The second kappa shape index (κ2) is 4.11. The second-order valence-electron chi connectivity index (χ2n) is 4.58. The van der Waals surface area contributed by atoms with Crippen molar-refractivity contribution >= 4 is 22.5 Å². The first kappa shape index (κ1) is 10.2. The summed E-state index contributed by atoms with van der Waals surface area (Å²) in [5.41, 5.74) is 2.51. The van der Waals surface area contributed by atoms with Gasteiger partial charge in [-0.05, 0) is 49.5 Å². The number of halogens is 1. The lowest BCUT2D eigenvalue weighted by atomic mass is 9.98. The molecular formula is C13H15ClN2. The molecule has 2 aromatic rings. The molecule has 16 heavy (non-hydrogen) atoms. The van der Waals surface area contributed by atoms with Crippen molar-refractivity contribution < 1.29 is 0 Å². The summed E-state index contributed by atoms with van der Waals surface area (Å²) in [6.45, 7) is 2.32. The molecule has 3 rings (SSSR count). The number of benzene rings is 1. The average Bonchev–Trinajstić information content (AvgIpc) is 2.90. The first-order valence-corrected chi connectivity index (χ1v) is 6.17. The van der Waals surface area contributed by atoms with E-state index < -0.39 is 0 Å². The largest absolute Gasteiger partial charge is 0.360 e. The van der Waals surface area contributed by atoms with Gasteiger partial charge in [0, 0.05) is 17.1 Å². The number of H-pyrrole nitrogens is 1. The van der Waals surface area contributed by atoms with Crippen LogP contribution in [-0.2, 0) is 6.42 Å². The SMILES string of the molecule is Clc1c[nH]c2ccc(CC3CCNC3)cc12. The number of hydrogen-bond donors (Lipinski definition) is 2. The van der Waals surface area contributed by atoms with Gasteiger partial charge in [-0.15, -0.1) is 0 Å². The molecule has 0 aliphatic carbocycles. The Morgan fingerprint density at radius 3 is 3.12 bits per heavy atom. The van der Waals surface area contributed by atoms with Crippen LogP contribution in [0.3, 0.4) is 0 Å². The Balaban J connectivity index is 1.88. The van der Waals surface area contributed by atoms with Crippen molar-refractivity contribution in [3.05, 3.63) is 35.0 Å². The predicted octanol–water partition coefficient (Wildman–Crippen LogP) is 2.97. The zero-order valence-corrected chi connectivity index (χ0v) is 9.85. The summed E-state index contributed by atoms with van der Waals surface area (Å²) < 4.78 is 0. The minimum atomic E-state index is 0.787. The van der Waals surface area contributed by atoms with Crippen LogP contribution < -0.4 is 5.32 Å². The van der Waals surface area contributed by atoms with Gasteiger partial charge in [0.1, 0.15) is 0 Å². The van der Waals surface area contributed by atoms with E-state index in [0.717, 1.165) is 41.4 Å². The molecule has 1 saturated heterocycles. The number of fused-ring (bicyclic) bond motifs is 1. The van der Waals surface area contributed by atoms with Crippen LogP contribution in [-0.4, -0.2) is 18.1 Å². The Hall–Kier alpha value is -0.990. The van der Waals surface area contributed by atoms with E-state index in [-0.39, 0.29) is 0 Å². The molecule has 1 aliphatic heterocycles. The van der Waals surface area contributed by atoms with E-state index in [9.17, 15) is 0 Å². The van der Waals surface area contributed by atoms with Gasteiger partial charge >= 0.3 is 0 Å². The molecule has 1 aliphatic rings. The van der Waals surface area contributed by atoms with Gasteiger partial charge in [-0.2, -0.15) is 0 Å². The maximum absolute atomic E-state index is 6.12. The van der Waals surface area contributed by atoms with Gasteiger partial charge in [-0.3, -0.25) is 0 Å². The number of hydrogen-bond acceptors (Lipinski definition) is 1. The second-order valence-corrected chi connectivity index (χ2v) is 4.99. The van der Waals surface area contributed by atoms with E-state index in [2.05, 4.69) is 28.5 Å². The van der Waals surface area contributed by atoms with Crippen molar-refractivity contribution in [3.63, 3.8) is 0 Å². The van der Waals surface area contributed by atoms with Crippen molar-refractivity contribution in [1.82, 2.24) is 10.3 Å². The lowest BCUT2D eigenvalue weighted by Crippen LogP contribution is -2.10. The van der Waals surface area contributed by atoms with E-state index in [1.165, 1.54) is 12.0 Å². The smallest absolute Gasteiger partial charge is 0.0659 e. The Morgan fingerprint density at radius 1 is 1.38 bits per heavy atom. The van der Waals surface area contributed by atoms with Gasteiger partial charge in [0.05, 0.1) is 5.02 Å². The van der Waals surface area contributed by atoms with Crippen LogP contribution in [0, 0.1) is 5.92 Å². The molecule has 1 unspecified atom stereocenters. The van der Waals surface area contributed by atoms with Gasteiger partial charge < -0.3 is 10.3 Å². The van der Waals surface area contributed by atoms with Gasteiger partial charge in [0.25, 0.3) is 0 Å². The highest BCUT2D eigenvalue weighted by Gasteiger charge is 2.15. The van der Waals surface area contributed by atoms with Crippen LogP contribution >= 0.6 is 11.6 Å². The van der Waals surface area contributed by atoms with Crippen molar-refractivity contribution in [2.24, 2.45) is 5.92 Å². The molecule has 3 heteroatoms. The van der Waals surface area contributed by atoms with Crippen LogP contribution in [0.5, 0.6) is 0 Å². The minimum Gasteiger partial charge on any atom is -0.360 e. The van der Waals surface area contributed by atoms with E-state index in [1.54, 1.807) is 0 Å². The molecule has 0 saturated carbocycles. The molecule has 1 aromatic carbocycles. The number of aromatic nitrogens is 1. The fourth-order valence-electron chi connectivity index (χ4n) is 2.48. The van der Waals surface area contributed by atoms with Gasteiger partial charge in [-0.1, -0.05) is 17.7 Å².